The molecule has 0 fully saturated rings. The van der Waals surface area contributed by atoms with Crippen LogP contribution in [-0.2, 0) is 23.8 Å². The second kappa shape index (κ2) is 4.80. The van der Waals surface area contributed by atoms with Crippen LogP contribution in [0.4, 0.5) is 4.39 Å². The molecule has 0 rings (SSSR count). The fourth-order valence-corrected chi connectivity index (χ4v) is 0.637. The van der Waals surface area contributed by atoms with E-state index in [0.717, 1.165) is 6.26 Å². The number of hydrogen-bond donors (Lipinski definition) is 0. The molecule has 0 unspecified atom stereocenters. The van der Waals surface area contributed by atoms with E-state index in [0.29, 0.717) is 0 Å². The summed E-state index contributed by atoms with van der Waals surface area (Å²) >= 11 is 0. The number of esters is 1. The third-order valence-electron chi connectivity index (χ3n) is 0.797. The van der Waals surface area contributed by atoms with E-state index in [1.807, 2.05) is 0 Å². The van der Waals surface area contributed by atoms with Gasteiger partial charge in [-0.15, -0.1) is 0 Å². The Morgan fingerprint density at radius 3 is 2.46 bits per heavy atom. The Morgan fingerprint density at radius 1 is 1.54 bits per heavy atom. The standard InChI is InChI=1S/C6H9FO5S/c1-3-11-6(8)5(7)4-12-13(2,9)10/h4H,3H2,1-2H3/b5-4-. The Bertz CT molecular complexity index is 305. The molecule has 0 N–H and O–H groups in total. The molecule has 0 aromatic rings. The van der Waals surface area contributed by atoms with Crippen LogP contribution in [0.25, 0.3) is 0 Å². The van der Waals surface area contributed by atoms with Gasteiger partial charge in [0, 0.05) is 0 Å². The highest BCUT2D eigenvalue weighted by Gasteiger charge is 2.11. The van der Waals surface area contributed by atoms with Gasteiger partial charge >= 0.3 is 16.1 Å². The molecule has 0 heterocycles. The van der Waals surface area contributed by atoms with Crippen molar-refractivity contribution in [2.24, 2.45) is 0 Å². The van der Waals surface area contributed by atoms with Crippen molar-refractivity contribution >= 4 is 16.1 Å². The zero-order valence-electron chi connectivity index (χ0n) is 7.11. The SMILES string of the molecule is CCOC(=O)/C(F)=C/OS(C)(=O)=O. The lowest BCUT2D eigenvalue weighted by Crippen LogP contribution is -2.06. The van der Waals surface area contributed by atoms with E-state index in [9.17, 15) is 17.6 Å². The van der Waals surface area contributed by atoms with Crippen molar-refractivity contribution in [2.45, 2.75) is 6.92 Å². The van der Waals surface area contributed by atoms with Crippen LogP contribution in [0, 0.1) is 0 Å². The van der Waals surface area contributed by atoms with Gasteiger partial charge in [-0.3, -0.25) is 0 Å². The summed E-state index contributed by atoms with van der Waals surface area (Å²) in [5.74, 6) is -2.65. The normalized spacial score (nSPS) is 12.4. The second-order valence-corrected chi connectivity index (χ2v) is 3.59. The average molecular weight is 212 g/mol. The highest BCUT2D eigenvalue weighted by atomic mass is 32.2. The lowest BCUT2D eigenvalue weighted by molar-refractivity contribution is -0.140. The molecule has 7 heteroatoms. The lowest BCUT2D eigenvalue weighted by atomic mass is 10.6. The quantitative estimate of drug-likeness (QED) is 0.291. The first kappa shape index (κ1) is 11.9. The molecule has 0 amide bonds. The van der Waals surface area contributed by atoms with E-state index in [-0.39, 0.29) is 12.9 Å². The van der Waals surface area contributed by atoms with Gasteiger partial charge in [0.15, 0.2) is 0 Å². The fourth-order valence-electron chi connectivity index (χ4n) is 0.378. The molecule has 0 aliphatic rings. The van der Waals surface area contributed by atoms with Crippen molar-refractivity contribution in [3.63, 3.8) is 0 Å². The largest absolute Gasteiger partial charge is 0.461 e. The molecule has 13 heavy (non-hydrogen) atoms. The van der Waals surface area contributed by atoms with E-state index in [1.165, 1.54) is 6.92 Å². The van der Waals surface area contributed by atoms with Gasteiger partial charge < -0.3 is 8.92 Å². The number of ether oxygens (including phenoxy) is 1. The predicted molar refractivity (Wildman–Crippen MR) is 41.8 cm³/mol. The molecule has 0 bridgehead atoms. The molecule has 0 aromatic heterocycles. The minimum atomic E-state index is -3.79. The molecule has 0 aromatic carbocycles. The number of carbonyl (C=O) groups is 1. The Hall–Kier alpha value is -1.11. The molecule has 0 radical (unpaired) electrons. The molecule has 0 aliphatic carbocycles. The molecule has 0 atom stereocenters. The van der Waals surface area contributed by atoms with Crippen LogP contribution in [0.15, 0.2) is 12.1 Å². The average Bonchev–Trinajstić information content (AvgIpc) is 1.99. The van der Waals surface area contributed by atoms with Crippen molar-refractivity contribution in [3.8, 4) is 0 Å². The number of rotatable bonds is 4. The maximum Gasteiger partial charge on any atom is 0.370 e. The zero-order chi connectivity index (χ0) is 10.5. The van der Waals surface area contributed by atoms with Gasteiger partial charge in [-0.1, -0.05) is 0 Å². The van der Waals surface area contributed by atoms with Gasteiger partial charge in [-0.2, -0.15) is 12.8 Å². The Balaban J connectivity index is 4.26. The maximum atomic E-state index is 12.5. The van der Waals surface area contributed by atoms with Crippen molar-refractivity contribution in [3.05, 3.63) is 12.1 Å². The lowest BCUT2D eigenvalue weighted by Gasteiger charge is -1.98. The molecular formula is C6H9FO5S. The first-order valence-corrected chi connectivity index (χ1v) is 5.09. The van der Waals surface area contributed by atoms with Crippen LogP contribution in [0.5, 0.6) is 0 Å². The molecule has 0 saturated heterocycles. The summed E-state index contributed by atoms with van der Waals surface area (Å²) in [6, 6.07) is 0. The van der Waals surface area contributed by atoms with Crippen LogP contribution in [0.1, 0.15) is 6.92 Å². The van der Waals surface area contributed by atoms with Crippen LogP contribution in [-0.4, -0.2) is 27.2 Å². The van der Waals surface area contributed by atoms with E-state index < -0.39 is 21.9 Å². The maximum absolute atomic E-state index is 12.5. The Labute approximate surface area is 75.3 Å². The van der Waals surface area contributed by atoms with Crippen LogP contribution < -0.4 is 0 Å². The highest BCUT2D eigenvalue weighted by molar-refractivity contribution is 7.86. The van der Waals surface area contributed by atoms with E-state index in [2.05, 4.69) is 8.92 Å². The van der Waals surface area contributed by atoms with Gasteiger partial charge in [0.05, 0.1) is 12.9 Å². The monoisotopic (exact) mass is 212 g/mol. The number of halogens is 1. The molecule has 0 aliphatic heterocycles. The van der Waals surface area contributed by atoms with Gasteiger partial charge in [0.25, 0.3) is 0 Å². The second-order valence-electron chi connectivity index (χ2n) is 1.99. The predicted octanol–water partition coefficient (Wildman–Crippen LogP) is 0.337. The minimum Gasteiger partial charge on any atom is -0.461 e. The molecule has 5 nitrogen and oxygen atoms in total. The number of carbonyl (C=O) groups excluding carboxylic acids is 1. The smallest absolute Gasteiger partial charge is 0.370 e. The third kappa shape index (κ3) is 6.09. The zero-order valence-corrected chi connectivity index (χ0v) is 7.93. The van der Waals surface area contributed by atoms with E-state index >= 15 is 0 Å². The van der Waals surface area contributed by atoms with Crippen LogP contribution in [0.2, 0.25) is 0 Å². The van der Waals surface area contributed by atoms with E-state index in [1.54, 1.807) is 0 Å². The summed E-state index contributed by atoms with van der Waals surface area (Å²) in [6.07, 6.45) is 0.912. The summed E-state index contributed by atoms with van der Waals surface area (Å²) < 4.78 is 41.3. The minimum absolute atomic E-state index is 0.00102. The molecule has 0 saturated carbocycles. The highest BCUT2D eigenvalue weighted by Crippen LogP contribution is 2.01. The summed E-state index contributed by atoms with van der Waals surface area (Å²) in [5.41, 5.74) is 0. The molecular weight excluding hydrogens is 203 g/mol. The molecule has 0 spiro atoms. The summed E-state index contributed by atoms with van der Waals surface area (Å²) in [7, 11) is -3.79. The topological polar surface area (TPSA) is 69.7 Å². The summed E-state index contributed by atoms with van der Waals surface area (Å²) in [6.45, 7) is 1.49. The first-order chi connectivity index (χ1) is 5.87. The van der Waals surface area contributed by atoms with Crippen LogP contribution in [0.3, 0.4) is 0 Å². The summed E-state index contributed by atoms with van der Waals surface area (Å²) in [4.78, 5) is 10.5. The number of hydrogen-bond acceptors (Lipinski definition) is 5. The Kier molecular flexibility index (Phi) is 4.39. The van der Waals surface area contributed by atoms with Crippen molar-refractivity contribution < 1.29 is 26.5 Å². The van der Waals surface area contributed by atoms with E-state index in [4.69, 9.17) is 0 Å². The van der Waals surface area contributed by atoms with Gasteiger partial charge in [0.2, 0.25) is 5.83 Å². The van der Waals surface area contributed by atoms with Gasteiger partial charge in [-0.25, -0.2) is 4.79 Å². The van der Waals surface area contributed by atoms with Crippen molar-refractivity contribution in [1.29, 1.82) is 0 Å². The van der Waals surface area contributed by atoms with Crippen molar-refractivity contribution in [1.82, 2.24) is 0 Å². The summed E-state index contributed by atoms with van der Waals surface area (Å²) in [5, 5.41) is 0. The Morgan fingerprint density at radius 2 is 2.08 bits per heavy atom. The van der Waals surface area contributed by atoms with Gasteiger partial charge in [-0.05, 0) is 6.92 Å². The third-order valence-corrected chi connectivity index (χ3v) is 1.24. The molecule has 76 valence electrons. The first-order valence-electron chi connectivity index (χ1n) is 3.28. The van der Waals surface area contributed by atoms with Crippen molar-refractivity contribution in [2.75, 3.05) is 12.9 Å². The fraction of sp³-hybridized carbons (Fsp3) is 0.500. The van der Waals surface area contributed by atoms with Gasteiger partial charge in [0.1, 0.15) is 6.26 Å². The van der Waals surface area contributed by atoms with Crippen LogP contribution >= 0.6 is 0 Å².